The summed E-state index contributed by atoms with van der Waals surface area (Å²) in [5, 5.41) is 1.93. The highest BCUT2D eigenvalue weighted by atomic mass is 32.1. The van der Waals surface area contributed by atoms with Crippen molar-refractivity contribution in [3.05, 3.63) is 40.6 Å². The van der Waals surface area contributed by atoms with Crippen molar-refractivity contribution in [2.75, 3.05) is 0 Å². The molecule has 0 amide bonds. The van der Waals surface area contributed by atoms with Crippen LogP contribution in [0.2, 0.25) is 0 Å². The first-order valence-electron chi connectivity index (χ1n) is 4.93. The van der Waals surface area contributed by atoms with Gasteiger partial charge in [-0.05, 0) is 11.4 Å². The molecule has 2 heterocycles. The molecule has 2 aromatic heterocycles. The van der Waals surface area contributed by atoms with Gasteiger partial charge in [-0.25, -0.2) is 9.55 Å². The average molecular weight is 221 g/mol. The molecule has 0 saturated carbocycles. The Bertz CT molecular complexity index is 445. The van der Waals surface area contributed by atoms with Crippen molar-refractivity contribution in [3.8, 4) is 0 Å². The highest BCUT2D eigenvalue weighted by molar-refractivity contribution is 7.12. The number of thiophene rings is 1. The Morgan fingerprint density at radius 1 is 1.60 bits per heavy atom. The minimum absolute atomic E-state index is 0.171. The number of aryl methyl sites for hydroxylation is 1. The second kappa shape index (κ2) is 4.40. The van der Waals surface area contributed by atoms with E-state index >= 15 is 0 Å². The van der Waals surface area contributed by atoms with Crippen LogP contribution in [0.15, 0.2) is 29.9 Å². The van der Waals surface area contributed by atoms with E-state index in [1.165, 1.54) is 11.3 Å². The van der Waals surface area contributed by atoms with Gasteiger partial charge in [0.2, 0.25) is 5.78 Å². The summed E-state index contributed by atoms with van der Waals surface area (Å²) >= 11 is 1.49. The number of H-pyrrole nitrogens is 1. The lowest BCUT2D eigenvalue weighted by molar-refractivity contribution is -0.689. The van der Waals surface area contributed by atoms with Crippen molar-refractivity contribution in [1.29, 1.82) is 0 Å². The zero-order valence-corrected chi connectivity index (χ0v) is 9.38. The van der Waals surface area contributed by atoms with E-state index in [4.69, 9.17) is 0 Å². The molecule has 4 heteroatoms. The second-order valence-electron chi connectivity index (χ2n) is 3.29. The van der Waals surface area contributed by atoms with E-state index in [9.17, 15) is 4.79 Å². The molecule has 0 bridgehead atoms. The van der Waals surface area contributed by atoms with Crippen LogP contribution in [0.5, 0.6) is 0 Å². The van der Waals surface area contributed by atoms with Gasteiger partial charge in [-0.2, -0.15) is 0 Å². The maximum atomic E-state index is 11.8. The van der Waals surface area contributed by atoms with Gasteiger partial charge in [0.1, 0.15) is 12.4 Å². The molecule has 78 valence electrons. The molecule has 0 saturated heterocycles. The SMILES string of the molecule is CCc1[nH]cc[n+]1CC(=O)c1cccs1. The van der Waals surface area contributed by atoms with Crippen LogP contribution in [-0.2, 0) is 13.0 Å². The van der Waals surface area contributed by atoms with E-state index in [2.05, 4.69) is 11.9 Å². The molecular formula is C11H13N2OS+. The van der Waals surface area contributed by atoms with Gasteiger partial charge in [0.15, 0.2) is 6.54 Å². The molecule has 0 fully saturated rings. The molecule has 15 heavy (non-hydrogen) atoms. The summed E-state index contributed by atoms with van der Waals surface area (Å²) in [6.45, 7) is 2.49. The Morgan fingerprint density at radius 2 is 2.47 bits per heavy atom. The second-order valence-corrected chi connectivity index (χ2v) is 4.24. The summed E-state index contributed by atoms with van der Waals surface area (Å²) in [6, 6.07) is 3.77. The molecule has 0 aliphatic rings. The van der Waals surface area contributed by atoms with Gasteiger partial charge >= 0.3 is 0 Å². The number of nitrogens with zero attached hydrogens (tertiary/aromatic N) is 1. The number of aromatic amines is 1. The largest absolute Gasteiger partial charge is 0.289 e. The highest BCUT2D eigenvalue weighted by Gasteiger charge is 2.14. The minimum Gasteiger partial charge on any atom is -0.289 e. The molecule has 1 N–H and O–H groups in total. The van der Waals surface area contributed by atoms with Crippen LogP contribution in [0.1, 0.15) is 22.4 Å². The first-order chi connectivity index (χ1) is 7.31. The molecule has 0 spiro atoms. The standard InChI is InChI=1S/C11H12N2OS/c1-2-11-12-5-6-13(11)8-9(14)10-4-3-7-15-10/h3-7H,2,8H2,1H3/p+1. The van der Waals surface area contributed by atoms with Crippen LogP contribution < -0.4 is 4.57 Å². The lowest BCUT2D eigenvalue weighted by Gasteiger charge is -1.97. The number of ketones is 1. The molecule has 2 aromatic rings. The summed E-state index contributed by atoms with van der Waals surface area (Å²) in [6.07, 6.45) is 4.68. The Kier molecular flexibility index (Phi) is 2.97. The molecule has 0 atom stereocenters. The molecule has 0 radical (unpaired) electrons. The van der Waals surface area contributed by atoms with Crippen LogP contribution in [0.4, 0.5) is 0 Å². The number of hydrogen-bond donors (Lipinski definition) is 1. The zero-order chi connectivity index (χ0) is 10.7. The zero-order valence-electron chi connectivity index (χ0n) is 8.56. The number of carbonyl (C=O) groups excluding carboxylic acids is 1. The van der Waals surface area contributed by atoms with E-state index in [1.807, 2.05) is 34.5 Å². The maximum absolute atomic E-state index is 11.8. The number of imidazole rings is 1. The molecule has 2 rings (SSSR count). The summed E-state index contributed by atoms with van der Waals surface area (Å²) in [5.74, 6) is 1.25. The number of nitrogens with one attached hydrogen (secondary N) is 1. The highest BCUT2D eigenvalue weighted by Crippen LogP contribution is 2.09. The third-order valence-corrected chi connectivity index (χ3v) is 3.21. The van der Waals surface area contributed by atoms with Crippen molar-refractivity contribution in [2.24, 2.45) is 0 Å². The average Bonchev–Trinajstić information content (AvgIpc) is 2.87. The van der Waals surface area contributed by atoms with E-state index in [0.29, 0.717) is 6.54 Å². The van der Waals surface area contributed by atoms with E-state index in [-0.39, 0.29) is 5.78 Å². The van der Waals surface area contributed by atoms with E-state index < -0.39 is 0 Å². The maximum Gasteiger partial charge on any atom is 0.254 e. The Morgan fingerprint density at radius 3 is 3.13 bits per heavy atom. The minimum atomic E-state index is 0.171. The Hall–Kier alpha value is -1.42. The fourth-order valence-corrected chi connectivity index (χ4v) is 2.18. The third-order valence-electron chi connectivity index (χ3n) is 2.30. The van der Waals surface area contributed by atoms with Gasteiger partial charge in [0, 0.05) is 6.42 Å². The lowest BCUT2D eigenvalue weighted by atomic mass is 10.3. The Labute approximate surface area is 92.4 Å². The van der Waals surface area contributed by atoms with Crippen molar-refractivity contribution in [2.45, 2.75) is 19.9 Å². The number of aromatic nitrogens is 2. The van der Waals surface area contributed by atoms with Crippen LogP contribution in [0.25, 0.3) is 0 Å². The van der Waals surface area contributed by atoms with Crippen molar-refractivity contribution in [1.82, 2.24) is 4.98 Å². The van der Waals surface area contributed by atoms with Crippen LogP contribution in [0.3, 0.4) is 0 Å². The smallest absolute Gasteiger partial charge is 0.254 e. The van der Waals surface area contributed by atoms with Gasteiger partial charge in [0.05, 0.1) is 4.88 Å². The first kappa shape index (κ1) is 10.1. The van der Waals surface area contributed by atoms with Gasteiger partial charge in [0.25, 0.3) is 5.82 Å². The normalized spacial score (nSPS) is 10.5. The monoisotopic (exact) mass is 221 g/mol. The molecule has 0 aliphatic carbocycles. The van der Waals surface area contributed by atoms with E-state index in [1.54, 1.807) is 0 Å². The summed E-state index contributed by atoms with van der Waals surface area (Å²) in [7, 11) is 0. The predicted octanol–water partition coefficient (Wildman–Crippen LogP) is 1.81. The molecule has 0 aromatic carbocycles. The molecular weight excluding hydrogens is 208 g/mol. The van der Waals surface area contributed by atoms with Gasteiger partial charge in [-0.3, -0.25) is 4.79 Å². The number of rotatable bonds is 4. The van der Waals surface area contributed by atoms with Crippen molar-refractivity contribution >= 4 is 17.1 Å². The number of hydrogen-bond acceptors (Lipinski definition) is 2. The van der Waals surface area contributed by atoms with Crippen LogP contribution in [0, 0.1) is 0 Å². The Balaban J connectivity index is 2.13. The van der Waals surface area contributed by atoms with Crippen LogP contribution in [-0.4, -0.2) is 10.8 Å². The lowest BCUT2D eigenvalue weighted by Crippen LogP contribution is -2.39. The van der Waals surface area contributed by atoms with Crippen molar-refractivity contribution in [3.63, 3.8) is 0 Å². The summed E-state index contributed by atoms with van der Waals surface area (Å²) in [5.41, 5.74) is 0. The van der Waals surface area contributed by atoms with Crippen LogP contribution >= 0.6 is 11.3 Å². The molecule has 0 aliphatic heterocycles. The molecule has 0 unspecified atom stereocenters. The summed E-state index contributed by atoms with van der Waals surface area (Å²) in [4.78, 5) is 15.8. The fraction of sp³-hybridized carbons (Fsp3) is 0.273. The number of Topliss-reactive ketones (excluding diaryl/α,β-unsaturated/α-hetero) is 1. The summed E-state index contributed by atoms with van der Waals surface area (Å²) < 4.78 is 1.96. The quantitative estimate of drug-likeness (QED) is 0.620. The first-order valence-corrected chi connectivity index (χ1v) is 5.81. The van der Waals surface area contributed by atoms with Gasteiger partial charge < -0.3 is 0 Å². The predicted molar refractivity (Wildman–Crippen MR) is 59.0 cm³/mol. The van der Waals surface area contributed by atoms with E-state index in [0.717, 1.165) is 17.1 Å². The third kappa shape index (κ3) is 2.15. The van der Waals surface area contributed by atoms with Crippen molar-refractivity contribution < 1.29 is 9.36 Å². The topological polar surface area (TPSA) is 36.7 Å². The fourth-order valence-electron chi connectivity index (χ4n) is 1.52. The van der Waals surface area contributed by atoms with Gasteiger partial charge in [-0.1, -0.05) is 13.0 Å². The number of carbonyl (C=O) groups is 1. The van der Waals surface area contributed by atoms with Gasteiger partial charge in [-0.15, -0.1) is 11.3 Å². The molecule has 3 nitrogen and oxygen atoms in total.